The summed E-state index contributed by atoms with van der Waals surface area (Å²) in [6.45, 7) is 11.7. The molecule has 0 saturated heterocycles. The van der Waals surface area contributed by atoms with E-state index in [1.165, 1.54) is 33.0 Å². The summed E-state index contributed by atoms with van der Waals surface area (Å²) in [6.07, 6.45) is 4.86. The first-order valence-electron chi connectivity index (χ1n) is 17.6. The van der Waals surface area contributed by atoms with Crippen molar-refractivity contribution in [3.05, 3.63) is 175 Å². The van der Waals surface area contributed by atoms with Crippen LogP contribution in [0.15, 0.2) is 150 Å². The third-order valence-corrected chi connectivity index (χ3v) is 11.3. The summed E-state index contributed by atoms with van der Waals surface area (Å²) < 4.78 is 6.12. The van der Waals surface area contributed by atoms with Crippen LogP contribution >= 0.6 is 0 Å². The topological polar surface area (TPSA) is 38.9 Å². The van der Waals surface area contributed by atoms with Crippen molar-refractivity contribution >= 4 is 35.2 Å². The summed E-state index contributed by atoms with van der Waals surface area (Å²) in [4.78, 5) is 9.38. The van der Waals surface area contributed by atoms with Crippen LogP contribution in [0.25, 0.3) is 55.6 Å². The van der Waals surface area contributed by atoms with Gasteiger partial charge in [0.1, 0.15) is 5.58 Å². The maximum atomic E-state index is 6.12. The molecule has 5 heteroatoms. The van der Waals surface area contributed by atoms with E-state index >= 15 is 0 Å². The van der Waals surface area contributed by atoms with Gasteiger partial charge in [-0.1, -0.05) is 141 Å². The Balaban J connectivity index is 0.000000175. The molecule has 0 atom stereocenters. The number of fused-ring (bicyclic) bond motifs is 3. The molecule has 0 unspecified atom stereocenters. The monoisotopic (exact) mass is 871 g/mol. The number of hydrogen-bond acceptors (Lipinski definition) is 3. The van der Waals surface area contributed by atoms with Gasteiger partial charge in [0.25, 0.3) is 0 Å². The second-order valence-corrected chi connectivity index (χ2v) is 19.4. The number of hydrogen-bond donors (Lipinski definition) is 0. The molecule has 1 radical (unpaired) electrons. The molecule has 5 aromatic carbocycles. The maximum Gasteiger partial charge on any atom is 0.120 e. The summed E-state index contributed by atoms with van der Waals surface area (Å²) in [5.74, 6) is 0.501. The Labute approximate surface area is 322 Å². The van der Waals surface area contributed by atoms with Crippen molar-refractivity contribution in [3.8, 4) is 33.6 Å². The third-order valence-electron chi connectivity index (χ3n) is 9.22. The number of furan rings is 1. The van der Waals surface area contributed by atoms with Gasteiger partial charge >= 0.3 is 0 Å². The fourth-order valence-electron chi connectivity index (χ4n) is 6.58. The van der Waals surface area contributed by atoms with Crippen LogP contribution in [0.4, 0.5) is 0 Å². The minimum Gasteiger partial charge on any atom is -0.501 e. The van der Waals surface area contributed by atoms with E-state index in [0.717, 1.165) is 50.9 Å². The van der Waals surface area contributed by atoms with Gasteiger partial charge in [0.15, 0.2) is 0 Å². The van der Waals surface area contributed by atoms with E-state index in [2.05, 4.69) is 148 Å². The number of benzene rings is 5. The number of para-hydroxylation sites is 1. The second-order valence-electron chi connectivity index (χ2n) is 14.3. The normalized spacial score (nSPS) is 11.3. The Bertz CT molecular complexity index is 2410. The van der Waals surface area contributed by atoms with E-state index in [9.17, 15) is 0 Å². The van der Waals surface area contributed by atoms with Gasteiger partial charge < -0.3 is 14.4 Å². The molecule has 0 aliphatic heterocycles. The van der Waals surface area contributed by atoms with Gasteiger partial charge in [0, 0.05) is 37.9 Å². The minimum atomic E-state index is -1.40. The average molecular weight is 871 g/mol. The first-order chi connectivity index (χ1) is 24.7. The first-order valence-corrected chi connectivity index (χ1v) is 21.1. The van der Waals surface area contributed by atoms with E-state index in [-0.39, 0.29) is 20.1 Å². The number of pyridine rings is 2. The zero-order valence-corrected chi connectivity index (χ0v) is 33.7. The van der Waals surface area contributed by atoms with E-state index in [1.54, 1.807) is 0 Å². The van der Waals surface area contributed by atoms with Gasteiger partial charge in [-0.15, -0.1) is 53.6 Å². The molecule has 8 rings (SSSR count). The summed E-state index contributed by atoms with van der Waals surface area (Å²) >= 11 is 0. The Morgan fingerprint density at radius 2 is 1.37 bits per heavy atom. The summed E-state index contributed by atoms with van der Waals surface area (Å²) in [6, 6.07) is 52.5. The summed E-state index contributed by atoms with van der Waals surface area (Å²) in [5, 5.41) is 3.69. The fourth-order valence-corrected chi connectivity index (χ4v) is 8.26. The number of nitrogens with zero attached hydrogens (tertiary/aromatic N) is 2. The van der Waals surface area contributed by atoms with Crippen molar-refractivity contribution in [2.24, 2.45) is 0 Å². The van der Waals surface area contributed by atoms with Crippen molar-refractivity contribution < 1.29 is 24.5 Å². The predicted octanol–water partition coefficient (Wildman–Crippen LogP) is 11.9. The SMILES string of the molecule is CC(C)c1cc(-c2[c-]ccc(-c3ccccc3)c2)ncc1[Si](C)(C)C.[Ir].[c-]1ccc2c(oc3ccccc32)c1-c1cc(Cc2ccccc2)ccn1. The zero-order valence-electron chi connectivity index (χ0n) is 30.3. The molecule has 3 heterocycles. The molecule has 0 bridgehead atoms. The molecule has 3 nitrogen and oxygen atoms in total. The van der Waals surface area contributed by atoms with Crippen LogP contribution in [-0.4, -0.2) is 18.0 Å². The maximum absolute atomic E-state index is 6.12. The molecule has 0 aliphatic carbocycles. The Kier molecular flexibility index (Phi) is 11.5. The summed E-state index contributed by atoms with van der Waals surface area (Å²) in [7, 11) is -1.40. The standard InChI is InChI=1S/C24H16NO.C23H26NSi.Ir/c1-2-7-17(8-3-1)15-18-13-14-25-22(16-18)21-11-6-10-20-19-9-4-5-12-23(19)26-24(20)21;1-17(2)21-15-22(24-16-23(21)25(3,4)5)20-13-9-12-19(14-20)18-10-7-6-8-11-18;/h1-10,12-14,16H,15H2;6-12,14-17H,1-5H3;/q2*-1;. The Hall–Kier alpha value is -4.93. The van der Waals surface area contributed by atoms with Crippen LogP contribution in [0, 0.1) is 12.1 Å². The van der Waals surface area contributed by atoms with Crippen LogP contribution in [0.2, 0.25) is 19.6 Å². The quantitative estimate of drug-likeness (QED) is 0.118. The van der Waals surface area contributed by atoms with Crippen LogP contribution in [-0.2, 0) is 26.5 Å². The Morgan fingerprint density at radius 3 is 2.12 bits per heavy atom. The van der Waals surface area contributed by atoms with E-state index < -0.39 is 8.07 Å². The average Bonchev–Trinajstić information content (AvgIpc) is 3.54. The number of aromatic nitrogens is 2. The number of rotatable bonds is 7. The minimum absolute atomic E-state index is 0. The smallest absolute Gasteiger partial charge is 0.120 e. The van der Waals surface area contributed by atoms with E-state index in [4.69, 9.17) is 9.40 Å². The molecule has 0 N–H and O–H groups in total. The molecule has 0 aliphatic rings. The predicted molar refractivity (Wildman–Crippen MR) is 216 cm³/mol. The zero-order chi connectivity index (χ0) is 35.4. The van der Waals surface area contributed by atoms with Crippen molar-refractivity contribution in [1.82, 2.24) is 9.97 Å². The van der Waals surface area contributed by atoms with E-state index in [0.29, 0.717) is 5.92 Å². The second kappa shape index (κ2) is 16.2. The molecule has 0 amide bonds. The van der Waals surface area contributed by atoms with Gasteiger partial charge in [-0.05, 0) is 57.7 Å². The van der Waals surface area contributed by atoms with Crippen LogP contribution < -0.4 is 5.19 Å². The third kappa shape index (κ3) is 8.24. The van der Waals surface area contributed by atoms with Gasteiger partial charge in [-0.3, -0.25) is 0 Å². The van der Waals surface area contributed by atoms with Gasteiger partial charge in [0.05, 0.1) is 13.7 Å². The molecule has 0 spiro atoms. The molecule has 0 fully saturated rings. The molecule has 261 valence electrons. The molecule has 8 aromatic rings. The van der Waals surface area contributed by atoms with Gasteiger partial charge in [-0.25, -0.2) is 0 Å². The first kappa shape index (κ1) is 36.8. The molecular formula is C47H42IrN2OSi-2. The molecule has 0 saturated carbocycles. The van der Waals surface area contributed by atoms with E-state index in [1.807, 2.05) is 48.7 Å². The molecule has 3 aromatic heterocycles. The van der Waals surface area contributed by atoms with Crippen molar-refractivity contribution in [3.63, 3.8) is 0 Å². The molecule has 52 heavy (non-hydrogen) atoms. The van der Waals surface area contributed by atoms with Crippen molar-refractivity contribution in [2.45, 2.75) is 45.8 Å². The molecular weight excluding hydrogens is 829 g/mol. The van der Waals surface area contributed by atoms with Gasteiger partial charge in [0.2, 0.25) is 0 Å². The van der Waals surface area contributed by atoms with Crippen molar-refractivity contribution in [2.75, 3.05) is 0 Å². The van der Waals surface area contributed by atoms with Crippen LogP contribution in [0.5, 0.6) is 0 Å². The Morgan fingerprint density at radius 1 is 0.654 bits per heavy atom. The fraction of sp³-hybridized carbons (Fsp3) is 0.149. The van der Waals surface area contributed by atoms with Gasteiger partial charge in [-0.2, -0.15) is 0 Å². The van der Waals surface area contributed by atoms with Crippen LogP contribution in [0.3, 0.4) is 0 Å². The summed E-state index contributed by atoms with van der Waals surface area (Å²) in [5.41, 5.74) is 12.0. The largest absolute Gasteiger partial charge is 0.501 e. The van der Waals surface area contributed by atoms with Crippen LogP contribution in [0.1, 0.15) is 36.5 Å². The van der Waals surface area contributed by atoms with Crippen molar-refractivity contribution in [1.29, 1.82) is 0 Å².